The van der Waals surface area contributed by atoms with Crippen LogP contribution in [0.2, 0.25) is 0 Å². The highest BCUT2D eigenvalue weighted by molar-refractivity contribution is 6.35. The summed E-state index contributed by atoms with van der Waals surface area (Å²) < 4.78 is 42.2. The number of aromatic nitrogens is 2. The predicted octanol–water partition coefficient (Wildman–Crippen LogP) is 6.36. The number of amides is 2. The molecule has 9 nitrogen and oxygen atoms in total. The monoisotopic (exact) mass is 629 g/mol. The number of hydrogen-bond acceptors (Lipinski definition) is 6. The molecule has 4 aromatic rings. The zero-order valence-electron chi connectivity index (χ0n) is 25.5. The minimum Gasteiger partial charge on any atom is -0.355 e. The first-order chi connectivity index (χ1) is 22.1. The number of likely N-dealkylation sites (N-methyl/N-ethyl adjacent to an activating group) is 1. The SMILES string of the molecule is CCN1CCN(Cc2ccc(C(=O)Nc3cccc(Nc4ccc5c(c4)NC(=O)C5=Cc4nc[nH]c4C)c3)cc2C(F)(F)F)CC1. The molecule has 1 aromatic heterocycles. The van der Waals surface area contributed by atoms with E-state index in [1.807, 2.05) is 24.0 Å². The van der Waals surface area contributed by atoms with Crippen molar-refractivity contribution in [3.05, 3.63) is 101 Å². The molecular formula is C34H34F3N7O2. The number of nitrogens with one attached hydrogen (secondary N) is 4. The lowest BCUT2D eigenvalue weighted by molar-refractivity contribution is -0.138. The third kappa shape index (κ3) is 6.82. The number of rotatable bonds is 8. The molecule has 238 valence electrons. The number of nitrogens with zero attached hydrogens (tertiary/aromatic N) is 3. The van der Waals surface area contributed by atoms with Crippen LogP contribution in [0.1, 0.15) is 45.4 Å². The fourth-order valence-corrected chi connectivity index (χ4v) is 5.74. The summed E-state index contributed by atoms with van der Waals surface area (Å²) in [6, 6.07) is 16.1. The van der Waals surface area contributed by atoms with Crippen molar-refractivity contribution in [3.63, 3.8) is 0 Å². The molecule has 3 heterocycles. The van der Waals surface area contributed by atoms with Gasteiger partial charge < -0.3 is 25.8 Å². The molecule has 0 bridgehead atoms. The smallest absolute Gasteiger partial charge is 0.355 e. The fraction of sp³-hybridized carbons (Fsp3) is 0.265. The van der Waals surface area contributed by atoms with Crippen molar-refractivity contribution in [1.29, 1.82) is 0 Å². The lowest BCUT2D eigenvalue weighted by atomic mass is 10.0. The molecule has 2 aliphatic rings. The summed E-state index contributed by atoms with van der Waals surface area (Å²) in [6.45, 7) is 8.08. The summed E-state index contributed by atoms with van der Waals surface area (Å²) in [5, 5.41) is 8.86. The van der Waals surface area contributed by atoms with Gasteiger partial charge >= 0.3 is 6.18 Å². The molecule has 1 saturated heterocycles. The van der Waals surface area contributed by atoms with Crippen LogP contribution in [-0.2, 0) is 17.5 Å². The van der Waals surface area contributed by atoms with Gasteiger partial charge in [-0.05, 0) is 67.6 Å². The van der Waals surface area contributed by atoms with E-state index in [1.165, 1.54) is 12.1 Å². The van der Waals surface area contributed by atoms with Crippen LogP contribution in [0.5, 0.6) is 0 Å². The molecule has 3 aromatic carbocycles. The first-order valence-corrected chi connectivity index (χ1v) is 15.1. The number of piperazine rings is 1. The number of halogens is 3. The third-order valence-corrected chi connectivity index (χ3v) is 8.35. The van der Waals surface area contributed by atoms with Gasteiger partial charge in [0.2, 0.25) is 0 Å². The predicted molar refractivity (Wildman–Crippen MR) is 173 cm³/mol. The topological polar surface area (TPSA) is 105 Å². The highest BCUT2D eigenvalue weighted by Gasteiger charge is 2.35. The van der Waals surface area contributed by atoms with E-state index in [-0.39, 0.29) is 23.6 Å². The summed E-state index contributed by atoms with van der Waals surface area (Å²) in [7, 11) is 0. The number of hydrogen-bond donors (Lipinski definition) is 4. The molecule has 0 unspecified atom stereocenters. The van der Waals surface area contributed by atoms with E-state index in [0.717, 1.165) is 37.0 Å². The Balaban J connectivity index is 1.14. The highest BCUT2D eigenvalue weighted by atomic mass is 19.4. The molecule has 46 heavy (non-hydrogen) atoms. The quantitative estimate of drug-likeness (QED) is 0.169. The van der Waals surface area contributed by atoms with Gasteiger partial charge in [0.25, 0.3) is 11.8 Å². The van der Waals surface area contributed by atoms with E-state index in [0.29, 0.717) is 47.1 Å². The number of alkyl halides is 3. The van der Waals surface area contributed by atoms with E-state index in [9.17, 15) is 22.8 Å². The molecule has 4 N–H and O–H groups in total. The third-order valence-electron chi connectivity index (χ3n) is 8.35. The van der Waals surface area contributed by atoms with Crippen molar-refractivity contribution >= 4 is 46.2 Å². The number of carbonyl (C=O) groups excluding carboxylic acids is 2. The Hall–Kier alpha value is -4.94. The minimum absolute atomic E-state index is 0.0755. The number of imidazole rings is 1. The maximum absolute atomic E-state index is 14.1. The lowest BCUT2D eigenvalue weighted by Crippen LogP contribution is -2.45. The number of H-pyrrole nitrogens is 1. The molecule has 0 atom stereocenters. The summed E-state index contributed by atoms with van der Waals surface area (Å²) in [6.07, 6.45) is -1.28. The number of carbonyl (C=O) groups is 2. The summed E-state index contributed by atoms with van der Waals surface area (Å²) in [5.41, 5.74) is 4.48. The normalized spacial score (nSPS) is 16.4. The van der Waals surface area contributed by atoms with Crippen LogP contribution in [-0.4, -0.2) is 64.3 Å². The Morgan fingerprint density at radius 3 is 2.43 bits per heavy atom. The second-order valence-corrected chi connectivity index (χ2v) is 11.4. The van der Waals surface area contributed by atoms with Crippen molar-refractivity contribution in [2.45, 2.75) is 26.6 Å². The van der Waals surface area contributed by atoms with Gasteiger partial charge in [0, 0.05) is 66.6 Å². The van der Waals surface area contributed by atoms with Gasteiger partial charge in [-0.3, -0.25) is 14.5 Å². The summed E-state index contributed by atoms with van der Waals surface area (Å²) >= 11 is 0. The van der Waals surface area contributed by atoms with Gasteiger partial charge in [0.1, 0.15) is 0 Å². The van der Waals surface area contributed by atoms with Crippen LogP contribution in [0.25, 0.3) is 11.6 Å². The number of aromatic amines is 1. The van der Waals surface area contributed by atoms with Crippen molar-refractivity contribution in [1.82, 2.24) is 19.8 Å². The molecule has 2 aliphatic heterocycles. The maximum atomic E-state index is 14.1. The van der Waals surface area contributed by atoms with Crippen LogP contribution in [0.3, 0.4) is 0 Å². The molecule has 12 heteroatoms. The van der Waals surface area contributed by atoms with E-state index in [1.54, 1.807) is 42.7 Å². The maximum Gasteiger partial charge on any atom is 0.416 e. The van der Waals surface area contributed by atoms with Gasteiger partial charge in [-0.2, -0.15) is 13.2 Å². The molecular weight excluding hydrogens is 595 g/mol. The largest absolute Gasteiger partial charge is 0.416 e. The number of aryl methyl sites for hydroxylation is 1. The first-order valence-electron chi connectivity index (χ1n) is 15.1. The second kappa shape index (κ2) is 12.8. The van der Waals surface area contributed by atoms with Crippen molar-refractivity contribution < 1.29 is 22.8 Å². The molecule has 2 amide bonds. The van der Waals surface area contributed by atoms with Crippen LogP contribution >= 0.6 is 0 Å². The number of anilines is 4. The summed E-state index contributed by atoms with van der Waals surface area (Å²) in [4.78, 5) is 37.3. The molecule has 0 spiro atoms. The zero-order chi connectivity index (χ0) is 32.4. The Labute approximate surface area is 264 Å². The fourth-order valence-electron chi connectivity index (χ4n) is 5.74. The average Bonchev–Trinajstić information content (AvgIpc) is 3.58. The van der Waals surface area contributed by atoms with Crippen molar-refractivity contribution in [3.8, 4) is 0 Å². The molecule has 6 rings (SSSR count). The first kappa shape index (κ1) is 31.1. The van der Waals surface area contributed by atoms with Crippen LogP contribution < -0.4 is 16.0 Å². The Morgan fingerprint density at radius 2 is 1.72 bits per heavy atom. The minimum atomic E-state index is -4.59. The average molecular weight is 630 g/mol. The van der Waals surface area contributed by atoms with Gasteiger partial charge in [-0.15, -0.1) is 0 Å². The second-order valence-electron chi connectivity index (χ2n) is 11.4. The van der Waals surface area contributed by atoms with Gasteiger partial charge in [0.05, 0.1) is 28.8 Å². The van der Waals surface area contributed by atoms with E-state index in [4.69, 9.17) is 0 Å². The van der Waals surface area contributed by atoms with E-state index in [2.05, 4.69) is 37.7 Å². The Kier molecular flexibility index (Phi) is 8.65. The van der Waals surface area contributed by atoms with Gasteiger partial charge in [-0.25, -0.2) is 4.98 Å². The van der Waals surface area contributed by atoms with Crippen LogP contribution in [0, 0.1) is 6.92 Å². The number of fused-ring (bicyclic) bond motifs is 1. The highest BCUT2D eigenvalue weighted by Crippen LogP contribution is 2.36. The lowest BCUT2D eigenvalue weighted by Gasteiger charge is -2.34. The molecule has 0 radical (unpaired) electrons. The zero-order valence-corrected chi connectivity index (χ0v) is 25.5. The molecule has 0 aliphatic carbocycles. The van der Waals surface area contributed by atoms with Crippen molar-refractivity contribution in [2.75, 3.05) is 48.7 Å². The van der Waals surface area contributed by atoms with Crippen LogP contribution in [0.15, 0.2) is 67.0 Å². The Morgan fingerprint density at radius 1 is 0.978 bits per heavy atom. The molecule has 1 fully saturated rings. The van der Waals surface area contributed by atoms with Gasteiger partial charge in [-0.1, -0.05) is 25.1 Å². The van der Waals surface area contributed by atoms with Gasteiger partial charge in [0.15, 0.2) is 0 Å². The Bertz CT molecular complexity index is 1810. The molecule has 0 saturated carbocycles. The van der Waals surface area contributed by atoms with Crippen LogP contribution in [0.4, 0.5) is 35.9 Å². The summed E-state index contributed by atoms with van der Waals surface area (Å²) in [5.74, 6) is -0.867. The number of benzene rings is 3. The van der Waals surface area contributed by atoms with Crippen molar-refractivity contribution in [2.24, 2.45) is 0 Å². The van der Waals surface area contributed by atoms with E-state index >= 15 is 0 Å². The standard InChI is InChI=1S/C34H34F3N7O2/c1-3-43-11-13-44(14-12-43)19-23-8-7-22(15-29(23)34(35,36)37)32(45)41-25-6-4-5-24(16-25)40-26-9-10-27-28(33(46)42-31(27)17-26)18-30-21(2)38-20-39-30/h4-10,15-18,20,40H,3,11-14,19H2,1-2H3,(H,38,39)(H,41,45)(H,42,46). The van der Waals surface area contributed by atoms with E-state index < -0.39 is 17.6 Å².